The SMILES string of the molecule is COn1c(=O)c(-c2c(Cl)cccc2Cl)cc2c(N)nc(-c3cc(C(=O)N4CCN(C)CC4)n(C)c3)nc21. The molecule has 0 spiro atoms. The summed E-state index contributed by atoms with van der Waals surface area (Å²) in [4.78, 5) is 45.0. The van der Waals surface area contributed by atoms with Crippen LogP contribution in [0.4, 0.5) is 5.82 Å². The normalized spacial score (nSPS) is 14.4. The molecular weight excluding hydrogens is 517 g/mol. The van der Waals surface area contributed by atoms with Crippen molar-refractivity contribution < 1.29 is 9.63 Å². The molecule has 1 fully saturated rings. The second-order valence-electron chi connectivity index (χ2n) is 8.93. The summed E-state index contributed by atoms with van der Waals surface area (Å²) in [5.74, 6) is 0.323. The first-order chi connectivity index (χ1) is 17.7. The lowest BCUT2D eigenvalue weighted by Crippen LogP contribution is -2.47. The predicted molar refractivity (Wildman–Crippen MR) is 144 cm³/mol. The van der Waals surface area contributed by atoms with Crippen LogP contribution in [0.3, 0.4) is 0 Å². The van der Waals surface area contributed by atoms with Crippen molar-refractivity contribution in [3.05, 3.63) is 62.6 Å². The van der Waals surface area contributed by atoms with Crippen molar-refractivity contribution in [2.45, 2.75) is 0 Å². The van der Waals surface area contributed by atoms with Gasteiger partial charge < -0.3 is 24.9 Å². The Morgan fingerprint density at radius 1 is 1.05 bits per heavy atom. The number of likely N-dealkylation sites (N-methyl/N-ethyl adjacent to an activating group) is 1. The third-order valence-electron chi connectivity index (χ3n) is 6.54. The highest BCUT2D eigenvalue weighted by Gasteiger charge is 2.25. The highest BCUT2D eigenvalue weighted by atomic mass is 35.5. The topological polar surface area (TPSA) is 112 Å². The number of nitrogen functional groups attached to an aromatic ring is 1. The van der Waals surface area contributed by atoms with E-state index in [1.54, 1.807) is 48.1 Å². The summed E-state index contributed by atoms with van der Waals surface area (Å²) in [6.45, 7) is 2.97. The summed E-state index contributed by atoms with van der Waals surface area (Å²) in [6, 6.07) is 8.27. The second kappa shape index (κ2) is 9.70. The van der Waals surface area contributed by atoms with Crippen LogP contribution in [-0.4, -0.2) is 75.3 Å². The minimum atomic E-state index is -0.506. The second-order valence-corrected chi connectivity index (χ2v) is 9.74. The maximum Gasteiger partial charge on any atom is 0.293 e. The summed E-state index contributed by atoms with van der Waals surface area (Å²) < 4.78 is 2.77. The van der Waals surface area contributed by atoms with Crippen LogP contribution in [-0.2, 0) is 7.05 Å². The molecule has 0 aliphatic carbocycles. The number of aromatic nitrogens is 4. The van der Waals surface area contributed by atoms with E-state index in [4.69, 9.17) is 33.8 Å². The first kappa shape index (κ1) is 25.1. The molecule has 0 bridgehead atoms. The third kappa shape index (κ3) is 4.41. The Morgan fingerprint density at radius 3 is 2.38 bits per heavy atom. The fourth-order valence-electron chi connectivity index (χ4n) is 4.48. The van der Waals surface area contributed by atoms with Crippen LogP contribution >= 0.6 is 23.2 Å². The molecule has 1 aliphatic heterocycles. The van der Waals surface area contributed by atoms with Gasteiger partial charge in [0.25, 0.3) is 11.5 Å². The van der Waals surface area contributed by atoms with Crippen molar-refractivity contribution in [1.29, 1.82) is 0 Å². The minimum absolute atomic E-state index is 0.0642. The monoisotopic (exact) mass is 541 g/mol. The summed E-state index contributed by atoms with van der Waals surface area (Å²) >= 11 is 12.7. The van der Waals surface area contributed by atoms with Gasteiger partial charge >= 0.3 is 0 Å². The van der Waals surface area contributed by atoms with E-state index in [9.17, 15) is 9.59 Å². The van der Waals surface area contributed by atoms with E-state index in [-0.39, 0.29) is 28.8 Å². The maximum absolute atomic E-state index is 13.4. The smallest absolute Gasteiger partial charge is 0.293 e. The maximum atomic E-state index is 13.4. The van der Waals surface area contributed by atoms with Crippen molar-refractivity contribution in [2.75, 3.05) is 46.1 Å². The van der Waals surface area contributed by atoms with Gasteiger partial charge in [-0.3, -0.25) is 9.59 Å². The average Bonchev–Trinajstić information content (AvgIpc) is 3.26. The molecule has 1 saturated heterocycles. The molecule has 0 atom stereocenters. The number of fused-ring (bicyclic) bond motifs is 1. The van der Waals surface area contributed by atoms with E-state index in [0.717, 1.165) is 17.8 Å². The zero-order chi connectivity index (χ0) is 26.4. The van der Waals surface area contributed by atoms with Gasteiger partial charge in [-0.1, -0.05) is 29.3 Å². The van der Waals surface area contributed by atoms with Gasteiger partial charge in [0.2, 0.25) is 0 Å². The number of halogens is 2. The third-order valence-corrected chi connectivity index (χ3v) is 7.17. The average molecular weight is 542 g/mol. The number of hydrogen-bond donors (Lipinski definition) is 1. The number of aryl methyl sites for hydroxylation is 1. The molecule has 3 aromatic heterocycles. The molecule has 37 heavy (non-hydrogen) atoms. The van der Waals surface area contributed by atoms with Crippen LogP contribution in [0.1, 0.15) is 10.5 Å². The van der Waals surface area contributed by atoms with Crippen LogP contribution in [0.15, 0.2) is 41.3 Å². The van der Waals surface area contributed by atoms with Gasteiger partial charge in [-0.25, -0.2) is 9.97 Å². The lowest BCUT2D eigenvalue weighted by Gasteiger charge is -2.32. The standard InChI is InChI=1S/C25H25Cl2N7O3/c1-31-7-9-33(10-8-31)25(36)19-11-14(13-32(19)2)22-29-21(28)16-12-15(20-17(26)5-4-6-18(20)27)24(35)34(37-3)23(16)30-22/h4-6,11-13H,7-10H2,1-3H3,(H2,28,29,30). The summed E-state index contributed by atoms with van der Waals surface area (Å²) in [7, 11) is 5.18. The van der Waals surface area contributed by atoms with Gasteiger partial charge in [0.15, 0.2) is 11.5 Å². The molecule has 4 heterocycles. The lowest BCUT2D eigenvalue weighted by atomic mass is 10.1. The molecule has 10 nitrogen and oxygen atoms in total. The number of amides is 1. The Hall–Kier alpha value is -3.60. The molecule has 5 rings (SSSR count). The van der Waals surface area contributed by atoms with Crippen LogP contribution < -0.4 is 16.1 Å². The number of rotatable bonds is 4. The van der Waals surface area contributed by atoms with Crippen LogP contribution in [0.25, 0.3) is 33.5 Å². The lowest BCUT2D eigenvalue weighted by molar-refractivity contribution is 0.0654. The molecular formula is C25H25Cl2N7O3. The number of anilines is 1. The van der Waals surface area contributed by atoms with Gasteiger partial charge in [0.1, 0.15) is 18.6 Å². The Morgan fingerprint density at radius 2 is 1.73 bits per heavy atom. The van der Waals surface area contributed by atoms with Gasteiger partial charge in [-0.2, -0.15) is 0 Å². The molecule has 0 saturated carbocycles. The first-order valence-electron chi connectivity index (χ1n) is 11.6. The number of nitrogens with two attached hydrogens (primary N) is 1. The van der Waals surface area contributed by atoms with Crippen LogP contribution in [0, 0.1) is 0 Å². The molecule has 1 aromatic carbocycles. The fourth-order valence-corrected chi connectivity index (χ4v) is 5.08. The summed E-state index contributed by atoms with van der Waals surface area (Å²) in [5.41, 5.74) is 7.68. The molecule has 4 aromatic rings. The van der Waals surface area contributed by atoms with E-state index in [2.05, 4.69) is 14.9 Å². The number of carbonyl (C=O) groups excluding carboxylic acids is 1. The van der Waals surface area contributed by atoms with Crippen molar-refractivity contribution in [3.63, 3.8) is 0 Å². The molecule has 12 heteroatoms. The quantitative estimate of drug-likeness (QED) is 0.422. The van der Waals surface area contributed by atoms with E-state index in [1.807, 2.05) is 11.9 Å². The van der Waals surface area contributed by atoms with Gasteiger partial charge in [0, 0.05) is 50.6 Å². The largest absolute Gasteiger partial charge is 0.412 e. The van der Waals surface area contributed by atoms with E-state index < -0.39 is 5.56 Å². The Bertz CT molecular complexity index is 1570. The van der Waals surface area contributed by atoms with Crippen LogP contribution in [0.2, 0.25) is 10.0 Å². The number of nitrogens with zero attached hydrogens (tertiary/aromatic N) is 6. The van der Waals surface area contributed by atoms with Crippen molar-refractivity contribution >= 4 is 46.0 Å². The highest BCUT2D eigenvalue weighted by molar-refractivity contribution is 6.39. The molecule has 0 unspecified atom stereocenters. The number of piperazine rings is 1. The predicted octanol–water partition coefficient (Wildman–Crippen LogP) is 2.80. The highest BCUT2D eigenvalue weighted by Crippen LogP contribution is 2.35. The number of benzene rings is 1. The molecule has 192 valence electrons. The summed E-state index contributed by atoms with van der Waals surface area (Å²) in [5, 5.41) is 1.01. The summed E-state index contributed by atoms with van der Waals surface area (Å²) in [6.07, 6.45) is 1.76. The van der Waals surface area contributed by atoms with Gasteiger partial charge in [-0.05, 0) is 31.3 Å². The van der Waals surface area contributed by atoms with Gasteiger partial charge in [-0.15, -0.1) is 4.73 Å². The minimum Gasteiger partial charge on any atom is -0.412 e. The number of pyridine rings is 1. The Labute approximate surface area is 222 Å². The molecule has 1 amide bonds. The Kier molecular flexibility index (Phi) is 6.57. The zero-order valence-electron chi connectivity index (χ0n) is 20.5. The van der Waals surface area contributed by atoms with E-state index >= 15 is 0 Å². The first-order valence-corrected chi connectivity index (χ1v) is 12.3. The Balaban J connectivity index is 1.61. The number of carbonyl (C=O) groups is 1. The fraction of sp³-hybridized carbons (Fsp3) is 0.280. The van der Waals surface area contributed by atoms with Gasteiger partial charge in [0.05, 0.1) is 21.0 Å². The molecule has 0 radical (unpaired) electrons. The van der Waals surface area contributed by atoms with Crippen LogP contribution in [0.5, 0.6) is 0 Å². The van der Waals surface area contributed by atoms with E-state index in [1.165, 1.54) is 7.11 Å². The molecule has 1 aliphatic rings. The zero-order valence-corrected chi connectivity index (χ0v) is 22.0. The van der Waals surface area contributed by atoms with E-state index in [0.29, 0.717) is 45.3 Å². The molecule has 2 N–H and O–H groups in total. The van der Waals surface area contributed by atoms with Crippen molar-refractivity contribution in [1.82, 2.24) is 29.1 Å². The van der Waals surface area contributed by atoms with Crippen molar-refractivity contribution in [3.8, 4) is 22.5 Å². The number of hydrogen-bond acceptors (Lipinski definition) is 7. The van der Waals surface area contributed by atoms with Crippen molar-refractivity contribution in [2.24, 2.45) is 7.05 Å².